The number of alkyl halides is 5. The predicted octanol–water partition coefficient (Wildman–Crippen LogP) is 4.04. The fraction of sp³-hybridized carbons (Fsp3) is 0.455. The lowest BCUT2D eigenvalue weighted by molar-refractivity contribution is -0.385. The summed E-state index contributed by atoms with van der Waals surface area (Å²) in [6.07, 6.45) is -8.10. The first-order valence-corrected chi connectivity index (χ1v) is 5.58. The summed E-state index contributed by atoms with van der Waals surface area (Å²) >= 11 is 0. The van der Waals surface area contributed by atoms with Crippen LogP contribution in [0.4, 0.5) is 33.3 Å². The Bertz CT molecular complexity index is 540. The zero-order valence-electron chi connectivity index (χ0n) is 9.88. The summed E-state index contributed by atoms with van der Waals surface area (Å²) < 4.78 is 63.9. The first-order chi connectivity index (χ1) is 9.16. The fourth-order valence-corrected chi connectivity index (χ4v) is 1.82. The van der Waals surface area contributed by atoms with E-state index in [1.807, 2.05) is 0 Å². The van der Waals surface area contributed by atoms with Gasteiger partial charge in [-0.15, -0.1) is 0 Å². The SMILES string of the molecule is O=[N+]([O-])c1ccc(NC2(C(F)(F)F)CC2)c(C(F)F)c1. The van der Waals surface area contributed by atoms with Crippen molar-refractivity contribution in [3.63, 3.8) is 0 Å². The summed E-state index contributed by atoms with van der Waals surface area (Å²) in [5.74, 6) is 0. The van der Waals surface area contributed by atoms with E-state index in [1.54, 1.807) is 0 Å². The third-order valence-electron chi connectivity index (χ3n) is 3.15. The Balaban J connectivity index is 2.35. The number of rotatable bonds is 4. The molecule has 0 bridgehead atoms. The number of nitro benzene ring substituents is 1. The molecular formula is C11H9F5N2O2. The van der Waals surface area contributed by atoms with Crippen molar-refractivity contribution in [1.29, 1.82) is 0 Å². The van der Waals surface area contributed by atoms with E-state index in [1.165, 1.54) is 0 Å². The Morgan fingerprint density at radius 1 is 1.30 bits per heavy atom. The highest BCUT2D eigenvalue weighted by molar-refractivity contribution is 5.59. The van der Waals surface area contributed by atoms with Gasteiger partial charge in [0, 0.05) is 23.4 Å². The Hall–Kier alpha value is -1.93. The van der Waals surface area contributed by atoms with Crippen LogP contribution in [0, 0.1) is 10.1 Å². The minimum atomic E-state index is -4.56. The molecule has 110 valence electrons. The molecule has 0 aromatic heterocycles. The lowest BCUT2D eigenvalue weighted by Gasteiger charge is -2.23. The smallest absolute Gasteiger partial charge is 0.371 e. The lowest BCUT2D eigenvalue weighted by atomic mass is 10.1. The third-order valence-corrected chi connectivity index (χ3v) is 3.15. The molecular weight excluding hydrogens is 287 g/mol. The highest BCUT2D eigenvalue weighted by Crippen LogP contribution is 2.52. The van der Waals surface area contributed by atoms with Crippen LogP contribution in [0.15, 0.2) is 18.2 Å². The maximum Gasteiger partial charge on any atom is 0.411 e. The van der Waals surface area contributed by atoms with Crippen LogP contribution in [0.25, 0.3) is 0 Å². The molecule has 1 N–H and O–H groups in total. The Labute approximate surface area is 109 Å². The topological polar surface area (TPSA) is 55.2 Å². The van der Waals surface area contributed by atoms with E-state index in [0.29, 0.717) is 6.07 Å². The number of nitro groups is 1. The molecule has 2 rings (SSSR count). The van der Waals surface area contributed by atoms with E-state index >= 15 is 0 Å². The lowest BCUT2D eigenvalue weighted by Crippen LogP contribution is -2.38. The van der Waals surface area contributed by atoms with Gasteiger partial charge in [0.15, 0.2) is 0 Å². The van der Waals surface area contributed by atoms with Gasteiger partial charge in [0.2, 0.25) is 0 Å². The van der Waals surface area contributed by atoms with Crippen molar-refractivity contribution >= 4 is 11.4 Å². The molecule has 1 aliphatic carbocycles. The van der Waals surface area contributed by atoms with Gasteiger partial charge in [0.25, 0.3) is 12.1 Å². The largest absolute Gasteiger partial charge is 0.411 e. The molecule has 1 aromatic carbocycles. The Morgan fingerprint density at radius 3 is 2.30 bits per heavy atom. The second-order valence-electron chi connectivity index (χ2n) is 4.53. The quantitative estimate of drug-likeness (QED) is 0.518. The predicted molar refractivity (Wildman–Crippen MR) is 59.7 cm³/mol. The normalized spacial score (nSPS) is 17.1. The van der Waals surface area contributed by atoms with Crippen LogP contribution >= 0.6 is 0 Å². The molecule has 1 saturated carbocycles. The molecule has 1 fully saturated rings. The average molecular weight is 296 g/mol. The number of nitrogens with one attached hydrogen (secondary N) is 1. The van der Waals surface area contributed by atoms with E-state index in [4.69, 9.17) is 0 Å². The van der Waals surface area contributed by atoms with Crippen molar-refractivity contribution in [2.45, 2.75) is 31.0 Å². The molecule has 20 heavy (non-hydrogen) atoms. The summed E-state index contributed by atoms with van der Waals surface area (Å²) in [5.41, 5.74) is -4.04. The average Bonchev–Trinajstić information content (AvgIpc) is 3.09. The van der Waals surface area contributed by atoms with Crippen LogP contribution in [0.5, 0.6) is 0 Å². The van der Waals surface area contributed by atoms with Crippen LogP contribution < -0.4 is 5.32 Å². The summed E-state index contributed by atoms with van der Waals surface area (Å²) in [6, 6.07) is 2.35. The van der Waals surface area contributed by atoms with Crippen molar-refractivity contribution in [2.75, 3.05) is 5.32 Å². The van der Waals surface area contributed by atoms with Gasteiger partial charge in [0.1, 0.15) is 5.54 Å². The van der Waals surface area contributed by atoms with E-state index in [9.17, 15) is 32.1 Å². The maximum absolute atomic E-state index is 12.8. The minimum Gasteiger partial charge on any atom is -0.371 e. The van der Waals surface area contributed by atoms with Gasteiger partial charge < -0.3 is 5.32 Å². The summed E-state index contributed by atoms with van der Waals surface area (Å²) in [4.78, 5) is 9.62. The van der Waals surface area contributed by atoms with E-state index in [2.05, 4.69) is 5.32 Å². The second kappa shape index (κ2) is 4.57. The van der Waals surface area contributed by atoms with E-state index < -0.39 is 40.0 Å². The fourth-order valence-electron chi connectivity index (χ4n) is 1.82. The highest BCUT2D eigenvalue weighted by atomic mass is 19.4. The van der Waals surface area contributed by atoms with Crippen LogP contribution in [-0.2, 0) is 0 Å². The molecule has 0 saturated heterocycles. The number of benzene rings is 1. The van der Waals surface area contributed by atoms with Gasteiger partial charge in [-0.05, 0) is 18.9 Å². The standard InChI is InChI=1S/C11H9F5N2O2/c12-9(13)7-5-6(18(19)20)1-2-8(7)17-10(3-4-10)11(14,15)16/h1-2,5,9,17H,3-4H2. The number of anilines is 1. The van der Waals surface area contributed by atoms with Crippen molar-refractivity contribution in [3.8, 4) is 0 Å². The van der Waals surface area contributed by atoms with Crippen molar-refractivity contribution in [2.24, 2.45) is 0 Å². The molecule has 0 unspecified atom stereocenters. The molecule has 0 amide bonds. The summed E-state index contributed by atoms with van der Waals surface area (Å²) in [7, 11) is 0. The third kappa shape index (κ3) is 2.52. The highest BCUT2D eigenvalue weighted by Gasteiger charge is 2.63. The monoisotopic (exact) mass is 296 g/mol. The molecule has 0 radical (unpaired) electrons. The Morgan fingerprint density at radius 2 is 1.90 bits per heavy atom. The summed E-state index contributed by atoms with van der Waals surface area (Å²) in [6.45, 7) is 0. The zero-order valence-corrected chi connectivity index (χ0v) is 9.88. The maximum atomic E-state index is 12.8. The number of non-ortho nitro benzene ring substituents is 1. The molecule has 1 aliphatic rings. The van der Waals surface area contributed by atoms with Crippen molar-refractivity contribution in [1.82, 2.24) is 0 Å². The molecule has 0 atom stereocenters. The van der Waals surface area contributed by atoms with E-state index in [-0.39, 0.29) is 12.8 Å². The van der Waals surface area contributed by atoms with Gasteiger partial charge in [0.05, 0.1) is 4.92 Å². The van der Waals surface area contributed by atoms with Crippen LogP contribution in [0.3, 0.4) is 0 Å². The van der Waals surface area contributed by atoms with Gasteiger partial charge >= 0.3 is 6.18 Å². The van der Waals surface area contributed by atoms with Gasteiger partial charge in [-0.3, -0.25) is 10.1 Å². The zero-order chi connectivity index (χ0) is 15.1. The molecule has 9 heteroatoms. The van der Waals surface area contributed by atoms with Crippen LogP contribution in [-0.4, -0.2) is 16.6 Å². The van der Waals surface area contributed by atoms with Crippen LogP contribution in [0.2, 0.25) is 0 Å². The number of nitrogens with zero attached hydrogens (tertiary/aromatic N) is 1. The van der Waals surface area contributed by atoms with E-state index in [0.717, 1.165) is 12.1 Å². The molecule has 0 spiro atoms. The summed E-state index contributed by atoms with van der Waals surface area (Å²) in [5, 5.41) is 12.6. The molecule has 1 aromatic rings. The second-order valence-corrected chi connectivity index (χ2v) is 4.53. The molecule has 0 aliphatic heterocycles. The Kier molecular flexibility index (Phi) is 3.31. The van der Waals surface area contributed by atoms with Gasteiger partial charge in [-0.2, -0.15) is 13.2 Å². The van der Waals surface area contributed by atoms with Crippen molar-refractivity contribution < 1.29 is 26.9 Å². The number of hydrogen-bond acceptors (Lipinski definition) is 3. The molecule has 4 nitrogen and oxygen atoms in total. The van der Waals surface area contributed by atoms with Gasteiger partial charge in [-0.25, -0.2) is 8.78 Å². The van der Waals surface area contributed by atoms with Gasteiger partial charge in [-0.1, -0.05) is 0 Å². The number of halogens is 5. The first kappa shape index (κ1) is 14.5. The first-order valence-electron chi connectivity index (χ1n) is 5.58. The minimum absolute atomic E-state index is 0.212. The van der Waals surface area contributed by atoms with Crippen molar-refractivity contribution in [3.05, 3.63) is 33.9 Å². The number of hydrogen-bond donors (Lipinski definition) is 1. The molecule has 0 heterocycles. The van der Waals surface area contributed by atoms with Crippen LogP contribution in [0.1, 0.15) is 24.8 Å².